The van der Waals surface area contributed by atoms with Gasteiger partial charge in [0.25, 0.3) is 10.1 Å². The lowest BCUT2D eigenvalue weighted by atomic mass is 9.98. The van der Waals surface area contributed by atoms with Crippen LogP contribution in [-0.2, 0) is 20.7 Å². The van der Waals surface area contributed by atoms with Crippen LogP contribution in [0.2, 0.25) is 10.0 Å². The van der Waals surface area contributed by atoms with Crippen molar-refractivity contribution in [1.82, 2.24) is 0 Å². The van der Waals surface area contributed by atoms with Crippen molar-refractivity contribution >= 4 is 33.3 Å². The Labute approximate surface area is 244 Å². The first-order valence-corrected chi connectivity index (χ1v) is 16.2. The quantitative estimate of drug-likeness (QED) is 0.125. The number of hydrogen-bond acceptors (Lipinski definition) is 4. The fourth-order valence-electron chi connectivity index (χ4n) is 4.61. The highest BCUT2D eigenvalue weighted by Gasteiger charge is 2.30. The van der Waals surface area contributed by atoms with Crippen LogP contribution in [0.1, 0.15) is 100 Å². The Balaban J connectivity index is 1.58. The van der Waals surface area contributed by atoms with Crippen LogP contribution in [0.15, 0.2) is 77.7 Å². The fraction of sp³-hybridized carbons (Fsp3) is 0.438. The van der Waals surface area contributed by atoms with Gasteiger partial charge in [-0.05, 0) is 65.9 Å². The number of unbranched alkanes of at least 4 members (excludes halogenated alkanes) is 9. The zero-order valence-corrected chi connectivity index (χ0v) is 25.0. The summed E-state index contributed by atoms with van der Waals surface area (Å²) < 4.78 is 32.1. The van der Waals surface area contributed by atoms with Crippen LogP contribution in [0.4, 0.5) is 0 Å². The third-order valence-electron chi connectivity index (χ3n) is 6.96. The van der Waals surface area contributed by atoms with Crippen molar-refractivity contribution in [1.29, 1.82) is 0 Å². The number of halogens is 2. The number of aliphatic hydroxyl groups is 1. The van der Waals surface area contributed by atoms with Crippen molar-refractivity contribution in [2.45, 2.75) is 94.7 Å². The molecule has 0 radical (unpaired) electrons. The highest BCUT2D eigenvalue weighted by molar-refractivity contribution is 7.86. The van der Waals surface area contributed by atoms with Gasteiger partial charge in [0.1, 0.15) is 12.2 Å². The molecule has 1 N–H and O–H groups in total. The molecule has 2 unspecified atom stereocenters. The van der Waals surface area contributed by atoms with E-state index in [2.05, 4.69) is 6.92 Å². The third-order valence-corrected chi connectivity index (χ3v) is 8.77. The lowest BCUT2D eigenvalue weighted by Gasteiger charge is -2.24. The molecule has 39 heavy (non-hydrogen) atoms. The first-order chi connectivity index (χ1) is 18.8. The van der Waals surface area contributed by atoms with E-state index >= 15 is 0 Å². The molecular formula is C32H40Cl2O4S. The molecule has 0 heterocycles. The predicted octanol–water partition coefficient (Wildman–Crippen LogP) is 9.64. The lowest BCUT2D eigenvalue weighted by Crippen LogP contribution is -2.19. The van der Waals surface area contributed by atoms with Gasteiger partial charge in [-0.15, -0.1) is 0 Å². The molecule has 212 valence electrons. The first kappa shape index (κ1) is 31.6. The molecule has 0 fully saturated rings. The normalized spacial score (nSPS) is 13.3. The van der Waals surface area contributed by atoms with Crippen LogP contribution >= 0.6 is 23.2 Å². The van der Waals surface area contributed by atoms with Gasteiger partial charge in [-0.25, -0.2) is 0 Å². The standard InChI is InChI=1S/C32H40Cl2O4S/c1-2-3-4-5-6-7-8-9-10-11-12-25-13-23-30(24-14-25)39(36,37)38-32(27-17-21-29(34)22-18-27)31(35)26-15-19-28(33)20-16-26/h13-24,31-32,35H,2-12H2,1H3. The average Bonchev–Trinajstić information content (AvgIpc) is 2.93. The summed E-state index contributed by atoms with van der Waals surface area (Å²) in [6.45, 7) is 2.24. The predicted molar refractivity (Wildman–Crippen MR) is 161 cm³/mol. The summed E-state index contributed by atoms with van der Waals surface area (Å²) in [5, 5.41) is 12.1. The van der Waals surface area contributed by atoms with E-state index in [1.54, 1.807) is 60.7 Å². The Hall–Kier alpha value is -1.89. The maximum absolute atomic E-state index is 13.2. The van der Waals surface area contributed by atoms with Gasteiger partial charge in [-0.2, -0.15) is 8.42 Å². The van der Waals surface area contributed by atoms with E-state index in [0.29, 0.717) is 21.2 Å². The second-order valence-electron chi connectivity index (χ2n) is 10.1. The number of aliphatic hydroxyl groups excluding tert-OH is 1. The summed E-state index contributed by atoms with van der Waals surface area (Å²) in [5.41, 5.74) is 2.08. The van der Waals surface area contributed by atoms with Crippen molar-refractivity contribution in [3.63, 3.8) is 0 Å². The summed E-state index contributed by atoms with van der Waals surface area (Å²) in [7, 11) is -4.16. The van der Waals surface area contributed by atoms with Crippen molar-refractivity contribution in [2.24, 2.45) is 0 Å². The smallest absolute Gasteiger partial charge is 0.297 e. The van der Waals surface area contributed by atoms with Crippen LogP contribution in [0, 0.1) is 0 Å². The largest absolute Gasteiger partial charge is 0.385 e. The van der Waals surface area contributed by atoms with Crippen molar-refractivity contribution in [3.8, 4) is 0 Å². The molecule has 3 rings (SSSR count). The molecule has 0 amide bonds. The van der Waals surface area contributed by atoms with Gasteiger partial charge in [-0.1, -0.05) is 124 Å². The second kappa shape index (κ2) is 16.4. The molecule has 0 aromatic heterocycles. The van der Waals surface area contributed by atoms with Gasteiger partial charge in [0, 0.05) is 10.0 Å². The molecule has 0 aliphatic heterocycles. The van der Waals surface area contributed by atoms with E-state index in [1.165, 1.54) is 57.8 Å². The fourth-order valence-corrected chi connectivity index (χ4v) is 5.93. The Kier molecular flexibility index (Phi) is 13.3. The van der Waals surface area contributed by atoms with E-state index in [9.17, 15) is 13.5 Å². The van der Waals surface area contributed by atoms with Crippen molar-refractivity contribution in [3.05, 3.63) is 99.5 Å². The Morgan fingerprint density at radius 3 is 1.64 bits per heavy atom. The minimum Gasteiger partial charge on any atom is -0.385 e. The first-order valence-electron chi connectivity index (χ1n) is 14.0. The number of rotatable bonds is 17. The molecular weight excluding hydrogens is 551 g/mol. The van der Waals surface area contributed by atoms with Crippen LogP contribution in [-0.4, -0.2) is 13.5 Å². The zero-order chi connectivity index (χ0) is 28.1. The Morgan fingerprint density at radius 2 is 1.13 bits per heavy atom. The van der Waals surface area contributed by atoms with E-state index in [0.717, 1.165) is 18.4 Å². The number of hydrogen-bond donors (Lipinski definition) is 1. The SMILES string of the molecule is CCCCCCCCCCCCc1ccc(S(=O)(=O)OC(c2ccc(Cl)cc2)C(O)c2ccc(Cl)cc2)cc1. The van der Waals surface area contributed by atoms with Crippen LogP contribution in [0.5, 0.6) is 0 Å². The van der Waals surface area contributed by atoms with Crippen LogP contribution in [0.3, 0.4) is 0 Å². The third kappa shape index (κ3) is 10.5. The topological polar surface area (TPSA) is 63.6 Å². The van der Waals surface area contributed by atoms with Crippen molar-refractivity contribution in [2.75, 3.05) is 0 Å². The van der Waals surface area contributed by atoms with Gasteiger partial charge < -0.3 is 5.11 Å². The number of aryl methyl sites for hydroxylation is 1. The molecule has 7 heteroatoms. The van der Waals surface area contributed by atoms with Gasteiger partial charge in [0.2, 0.25) is 0 Å². The van der Waals surface area contributed by atoms with Crippen molar-refractivity contribution < 1.29 is 17.7 Å². The van der Waals surface area contributed by atoms with E-state index < -0.39 is 22.3 Å². The second-order valence-corrected chi connectivity index (χ2v) is 12.5. The summed E-state index contributed by atoms with van der Waals surface area (Å²) in [5.74, 6) is 0. The lowest BCUT2D eigenvalue weighted by molar-refractivity contribution is 0.0385. The Bertz CT molecular complexity index is 1210. The summed E-state index contributed by atoms with van der Waals surface area (Å²) in [6.07, 6.45) is 11.3. The summed E-state index contributed by atoms with van der Waals surface area (Å²) >= 11 is 12.0. The summed E-state index contributed by atoms with van der Waals surface area (Å²) in [4.78, 5) is 0.0524. The highest BCUT2D eigenvalue weighted by Crippen LogP contribution is 2.36. The average molecular weight is 592 g/mol. The van der Waals surface area contributed by atoms with E-state index in [4.69, 9.17) is 27.4 Å². The monoisotopic (exact) mass is 590 g/mol. The molecule has 0 aliphatic rings. The molecule has 0 spiro atoms. The van der Waals surface area contributed by atoms with Crippen LogP contribution < -0.4 is 0 Å². The van der Waals surface area contributed by atoms with Gasteiger partial charge >= 0.3 is 0 Å². The zero-order valence-electron chi connectivity index (χ0n) is 22.7. The molecule has 0 bridgehead atoms. The molecule has 4 nitrogen and oxygen atoms in total. The highest BCUT2D eigenvalue weighted by atomic mass is 35.5. The molecule has 3 aromatic carbocycles. The van der Waals surface area contributed by atoms with Crippen LogP contribution in [0.25, 0.3) is 0 Å². The molecule has 0 saturated carbocycles. The minimum absolute atomic E-state index is 0.0524. The van der Waals surface area contributed by atoms with Gasteiger partial charge in [0.15, 0.2) is 0 Å². The maximum atomic E-state index is 13.2. The van der Waals surface area contributed by atoms with E-state index in [1.807, 2.05) is 12.1 Å². The molecule has 0 saturated heterocycles. The molecule has 2 atom stereocenters. The van der Waals surface area contributed by atoms with E-state index in [-0.39, 0.29) is 4.90 Å². The molecule has 3 aromatic rings. The maximum Gasteiger partial charge on any atom is 0.297 e. The molecule has 0 aliphatic carbocycles. The minimum atomic E-state index is -4.16. The Morgan fingerprint density at radius 1 is 0.667 bits per heavy atom. The number of benzene rings is 3. The van der Waals surface area contributed by atoms with Gasteiger partial charge in [0.05, 0.1) is 4.90 Å². The van der Waals surface area contributed by atoms with Gasteiger partial charge in [-0.3, -0.25) is 4.18 Å². The summed E-state index contributed by atoms with van der Waals surface area (Å²) in [6, 6.07) is 20.0.